The van der Waals surface area contributed by atoms with E-state index in [2.05, 4.69) is 21.8 Å². The maximum absolute atomic E-state index is 12.8. The third kappa shape index (κ3) is 5.89. The van der Waals surface area contributed by atoms with Crippen molar-refractivity contribution in [2.75, 3.05) is 22.7 Å². The number of benzene rings is 3. The van der Waals surface area contributed by atoms with Crippen molar-refractivity contribution >= 4 is 33.2 Å². The second-order valence-electron chi connectivity index (χ2n) is 8.84. The molecule has 0 amide bonds. The zero-order valence-electron chi connectivity index (χ0n) is 19.5. The number of rotatable bonds is 8. The number of Topliss-reactive ketones (excluding diaryl/α,β-unsaturated/α-hetero) is 1. The Morgan fingerprint density at radius 1 is 0.971 bits per heavy atom. The van der Waals surface area contributed by atoms with E-state index in [0.29, 0.717) is 17.2 Å². The molecule has 1 aliphatic rings. The van der Waals surface area contributed by atoms with E-state index >= 15 is 0 Å². The maximum Gasteiger partial charge on any atom is 0.337 e. The van der Waals surface area contributed by atoms with Crippen molar-refractivity contribution in [1.29, 1.82) is 0 Å². The monoisotopic (exact) mass is 492 g/mol. The fourth-order valence-corrected chi connectivity index (χ4v) is 5.50. The summed E-state index contributed by atoms with van der Waals surface area (Å²) in [5, 5.41) is 9.83. The molecule has 0 saturated carbocycles. The van der Waals surface area contributed by atoms with E-state index < -0.39 is 16.0 Å². The highest BCUT2D eigenvalue weighted by Gasteiger charge is 2.24. The lowest BCUT2D eigenvalue weighted by molar-refractivity contribution is 0.0697. The van der Waals surface area contributed by atoms with Gasteiger partial charge in [0.05, 0.1) is 16.1 Å². The van der Waals surface area contributed by atoms with Gasteiger partial charge < -0.3 is 10.0 Å². The first kappa shape index (κ1) is 24.5. The van der Waals surface area contributed by atoms with Gasteiger partial charge in [0.15, 0.2) is 5.78 Å². The van der Waals surface area contributed by atoms with Gasteiger partial charge in [-0.05, 0) is 68.0 Å². The molecule has 3 aromatic carbocycles. The van der Waals surface area contributed by atoms with Crippen LogP contribution in [0.1, 0.15) is 46.0 Å². The van der Waals surface area contributed by atoms with E-state index in [1.165, 1.54) is 42.8 Å². The maximum atomic E-state index is 12.8. The lowest BCUT2D eigenvalue weighted by Crippen LogP contribution is -2.35. The number of ketones is 1. The molecule has 7 nitrogen and oxygen atoms in total. The Balaban J connectivity index is 1.47. The molecule has 0 unspecified atom stereocenters. The number of carbonyl (C=O) groups is 2. The van der Waals surface area contributed by atoms with Gasteiger partial charge in [0, 0.05) is 24.3 Å². The van der Waals surface area contributed by atoms with Crippen LogP contribution in [-0.4, -0.2) is 38.4 Å². The van der Waals surface area contributed by atoms with Crippen LogP contribution in [0.5, 0.6) is 0 Å². The molecule has 0 radical (unpaired) electrons. The Morgan fingerprint density at radius 3 is 2.23 bits per heavy atom. The molecule has 1 heterocycles. The Bertz CT molecular complexity index is 1310. The molecule has 0 aromatic heterocycles. The van der Waals surface area contributed by atoms with Crippen LogP contribution in [0.25, 0.3) is 0 Å². The zero-order chi connectivity index (χ0) is 25.0. The van der Waals surface area contributed by atoms with E-state index in [1.807, 2.05) is 18.2 Å². The fourth-order valence-electron chi connectivity index (χ4n) is 4.45. The minimum Gasteiger partial charge on any atom is -0.478 e. The summed E-state index contributed by atoms with van der Waals surface area (Å²) < 4.78 is 28.0. The fraction of sp³-hybridized carbons (Fsp3) is 0.259. The first-order chi connectivity index (χ1) is 16.7. The van der Waals surface area contributed by atoms with E-state index in [4.69, 9.17) is 0 Å². The number of hydrogen-bond donors (Lipinski definition) is 2. The van der Waals surface area contributed by atoms with Crippen LogP contribution in [-0.2, 0) is 16.4 Å². The van der Waals surface area contributed by atoms with Gasteiger partial charge in [-0.1, -0.05) is 42.5 Å². The number of hydrogen-bond acceptors (Lipinski definition) is 5. The number of piperidine rings is 1. The molecule has 1 aliphatic heterocycles. The molecule has 0 aliphatic carbocycles. The van der Waals surface area contributed by atoms with Crippen molar-refractivity contribution in [2.45, 2.75) is 31.1 Å². The highest BCUT2D eigenvalue weighted by molar-refractivity contribution is 7.92. The number of carboxylic acids is 1. The minimum atomic E-state index is -3.94. The Labute approximate surface area is 205 Å². The standard InChI is InChI=1S/C27H28N2O5S/c1-19(30)22-7-10-24(11-8-22)35(33,34)28-23-9-12-26(25(18-23)27(31)32)29-15-13-21(14-16-29)17-20-5-3-2-4-6-20/h2-12,18,21,28H,13-17H2,1H3,(H,31,32). The third-order valence-electron chi connectivity index (χ3n) is 6.37. The molecule has 8 heteroatoms. The topological polar surface area (TPSA) is 104 Å². The molecule has 4 rings (SSSR count). The van der Waals surface area contributed by atoms with Crippen molar-refractivity contribution in [3.8, 4) is 0 Å². The number of carboxylic acid groups (broad SMARTS) is 1. The highest BCUT2D eigenvalue weighted by atomic mass is 32.2. The third-order valence-corrected chi connectivity index (χ3v) is 7.77. The molecule has 1 saturated heterocycles. The van der Waals surface area contributed by atoms with E-state index in [9.17, 15) is 23.1 Å². The summed E-state index contributed by atoms with van der Waals surface area (Å²) in [7, 11) is -3.94. The molecule has 2 N–H and O–H groups in total. The van der Waals surface area contributed by atoms with Gasteiger partial charge in [0.2, 0.25) is 0 Å². The molecular formula is C27H28N2O5S. The highest BCUT2D eigenvalue weighted by Crippen LogP contribution is 2.31. The molecule has 182 valence electrons. The summed E-state index contributed by atoms with van der Waals surface area (Å²) >= 11 is 0. The number of sulfonamides is 1. The van der Waals surface area contributed by atoms with Crippen molar-refractivity contribution in [2.24, 2.45) is 5.92 Å². The van der Waals surface area contributed by atoms with Gasteiger partial charge in [-0.25, -0.2) is 13.2 Å². The smallest absolute Gasteiger partial charge is 0.337 e. The number of nitrogens with zero attached hydrogens (tertiary/aromatic N) is 1. The van der Waals surface area contributed by atoms with Gasteiger partial charge in [0.25, 0.3) is 10.0 Å². The summed E-state index contributed by atoms with van der Waals surface area (Å²) in [6, 6.07) is 20.6. The van der Waals surface area contributed by atoms with Crippen LogP contribution in [0.3, 0.4) is 0 Å². The number of anilines is 2. The Hall–Kier alpha value is -3.65. The van der Waals surface area contributed by atoms with Gasteiger partial charge in [0.1, 0.15) is 0 Å². The van der Waals surface area contributed by atoms with Crippen LogP contribution in [0, 0.1) is 5.92 Å². The van der Waals surface area contributed by atoms with Gasteiger partial charge in [-0.3, -0.25) is 9.52 Å². The average molecular weight is 493 g/mol. The molecule has 3 aromatic rings. The molecule has 1 fully saturated rings. The first-order valence-corrected chi connectivity index (χ1v) is 13.0. The molecule has 0 atom stereocenters. The number of nitrogens with one attached hydrogen (secondary N) is 1. The van der Waals surface area contributed by atoms with Gasteiger partial charge in [-0.2, -0.15) is 0 Å². The lowest BCUT2D eigenvalue weighted by Gasteiger charge is -2.34. The quantitative estimate of drug-likeness (QED) is 0.436. The number of aromatic carboxylic acids is 1. The summed E-state index contributed by atoms with van der Waals surface area (Å²) in [5.41, 5.74) is 2.53. The van der Waals surface area contributed by atoms with Gasteiger partial charge >= 0.3 is 5.97 Å². The SMILES string of the molecule is CC(=O)c1ccc(S(=O)(=O)Nc2ccc(N3CCC(Cc4ccccc4)CC3)c(C(=O)O)c2)cc1. The van der Waals surface area contributed by atoms with Crippen molar-refractivity contribution in [1.82, 2.24) is 0 Å². The average Bonchev–Trinajstić information content (AvgIpc) is 2.85. The van der Waals surface area contributed by atoms with E-state index in [0.717, 1.165) is 32.4 Å². The van der Waals surface area contributed by atoms with Crippen LogP contribution >= 0.6 is 0 Å². The molecule has 0 bridgehead atoms. The number of carbonyl (C=O) groups excluding carboxylic acids is 1. The summed E-state index contributed by atoms with van der Waals surface area (Å²) in [5.74, 6) is -0.728. The van der Waals surface area contributed by atoms with E-state index in [1.54, 1.807) is 12.1 Å². The van der Waals surface area contributed by atoms with Crippen LogP contribution in [0.15, 0.2) is 77.7 Å². The zero-order valence-corrected chi connectivity index (χ0v) is 20.3. The van der Waals surface area contributed by atoms with Crippen LogP contribution in [0.2, 0.25) is 0 Å². The van der Waals surface area contributed by atoms with Crippen LogP contribution < -0.4 is 9.62 Å². The summed E-state index contributed by atoms with van der Waals surface area (Å²) in [6.07, 6.45) is 2.92. The molecule has 35 heavy (non-hydrogen) atoms. The summed E-state index contributed by atoms with van der Waals surface area (Å²) in [6.45, 7) is 2.89. The largest absolute Gasteiger partial charge is 0.478 e. The molecule has 0 spiro atoms. The summed E-state index contributed by atoms with van der Waals surface area (Å²) in [4.78, 5) is 25.5. The van der Waals surface area contributed by atoms with Gasteiger partial charge in [-0.15, -0.1) is 0 Å². The molecular weight excluding hydrogens is 464 g/mol. The second-order valence-corrected chi connectivity index (χ2v) is 10.5. The van der Waals surface area contributed by atoms with Crippen molar-refractivity contribution in [3.05, 3.63) is 89.5 Å². The van der Waals surface area contributed by atoms with E-state index in [-0.39, 0.29) is 21.9 Å². The second kappa shape index (κ2) is 10.3. The normalized spacial score (nSPS) is 14.5. The predicted molar refractivity (Wildman–Crippen MR) is 136 cm³/mol. The predicted octanol–water partition coefficient (Wildman–Crippen LogP) is 4.85. The van der Waals surface area contributed by atoms with Crippen molar-refractivity contribution in [3.63, 3.8) is 0 Å². The minimum absolute atomic E-state index is 0.0102. The Kier molecular flexibility index (Phi) is 7.21. The van der Waals surface area contributed by atoms with Crippen LogP contribution in [0.4, 0.5) is 11.4 Å². The Morgan fingerprint density at radius 2 is 1.63 bits per heavy atom. The lowest BCUT2D eigenvalue weighted by atomic mass is 9.90. The first-order valence-electron chi connectivity index (χ1n) is 11.5. The van der Waals surface area contributed by atoms with Crippen molar-refractivity contribution < 1.29 is 23.1 Å².